The molecule has 4 unspecified atom stereocenters. The molecule has 106 valence electrons. The molecule has 6 heteroatoms. The van der Waals surface area contributed by atoms with E-state index in [4.69, 9.17) is 12.2 Å². The number of carbonyl (C=O) groups is 1. The van der Waals surface area contributed by atoms with E-state index in [1.54, 1.807) is 0 Å². The van der Waals surface area contributed by atoms with Gasteiger partial charge >= 0.3 is 29.6 Å². The first-order valence-corrected chi connectivity index (χ1v) is 7.50. The summed E-state index contributed by atoms with van der Waals surface area (Å²) in [6, 6.07) is 0. The van der Waals surface area contributed by atoms with Gasteiger partial charge in [-0.25, -0.2) is 4.99 Å². The second-order valence-corrected chi connectivity index (χ2v) is 6.11. The van der Waals surface area contributed by atoms with Gasteiger partial charge in [-0.3, -0.25) is 4.79 Å². The van der Waals surface area contributed by atoms with Gasteiger partial charge in [0.25, 0.3) is 0 Å². The van der Waals surface area contributed by atoms with Crippen molar-refractivity contribution in [2.45, 2.75) is 46.5 Å². The maximum atomic E-state index is 12.5. The van der Waals surface area contributed by atoms with Crippen molar-refractivity contribution < 1.29 is 39.5 Å². The number of nitrogens with zero attached hydrogens (tertiary/aromatic N) is 1. The zero-order valence-electron chi connectivity index (χ0n) is 12.7. The van der Waals surface area contributed by atoms with Crippen LogP contribution in [0.5, 0.6) is 0 Å². The predicted molar refractivity (Wildman–Crippen MR) is 76.6 cm³/mol. The fourth-order valence-corrected chi connectivity index (χ4v) is 4.16. The molecular weight excluding hydrogens is 283 g/mol. The van der Waals surface area contributed by atoms with Crippen LogP contribution in [0, 0.1) is 23.2 Å². The number of nitrogens with one attached hydrogen (secondary N) is 1. The quantitative estimate of drug-likeness (QED) is 0.517. The second-order valence-electron chi connectivity index (χ2n) is 5.72. The Kier molecular flexibility index (Phi) is 6.20. The van der Waals surface area contributed by atoms with E-state index in [1.165, 1.54) is 0 Å². The molecule has 1 amide bonds. The fraction of sp³-hybridized carbons (Fsp3) is 0.786. The molecule has 0 radical (unpaired) electrons. The van der Waals surface area contributed by atoms with Crippen LogP contribution < -0.4 is 40.0 Å². The number of amides is 1. The van der Waals surface area contributed by atoms with E-state index in [2.05, 4.69) is 24.2 Å². The number of thiocarbonyl (C=S) groups is 1. The molecule has 0 saturated heterocycles. The molecular formula is C14H21N2NaO2S. The van der Waals surface area contributed by atoms with Crippen LogP contribution in [0.2, 0.25) is 0 Å². The zero-order chi connectivity index (χ0) is 14.2. The summed E-state index contributed by atoms with van der Waals surface area (Å²) in [6.07, 6.45) is 3.80. The summed E-state index contributed by atoms with van der Waals surface area (Å²) >= 11 is 4.86. The Labute approximate surface area is 148 Å². The van der Waals surface area contributed by atoms with E-state index in [0.717, 1.165) is 25.7 Å². The molecule has 2 aliphatic rings. The van der Waals surface area contributed by atoms with Gasteiger partial charge in [-0.05, 0) is 48.7 Å². The summed E-state index contributed by atoms with van der Waals surface area (Å²) in [5, 5.41) is 15.1. The molecule has 4 atom stereocenters. The van der Waals surface area contributed by atoms with Crippen LogP contribution in [0.15, 0.2) is 4.99 Å². The molecule has 0 aromatic heterocycles. The minimum Gasteiger partial charge on any atom is -0.861 e. The normalized spacial score (nSPS) is 36.5. The van der Waals surface area contributed by atoms with Crippen molar-refractivity contribution in [1.29, 1.82) is 0 Å². The van der Waals surface area contributed by atoms with Gasteiger partial charge in [-0.1, -0.05) is 33.6 Å². The summed E-state index contributed by atoms with van der Waals surface area (Å²) in [5.41, 5.74) is -0.973. The van der Waals surface area contributed by atoms with Crippen molar-refractivity contribution in [1.82, 2.24) is 5.32 Å². The number of carbonyl (C=O) groups excluding carboxylic acids is 1. The zero-order valence-corrected chi connectivity index (χ0v) is 15.5. The Morgan fingerprint density at radius 1 is 1.50 bits per heavy atom. The topological polar surface area (TPSA) is 64.5 Å². The van der Waals surface area contributed by atoms with Crippen molar-refractivity contribution in [2.24, 2.45) is 28.2 Å². The van der Waals surface area contributed by atoms with E-state index in [1.807, 2.05) is 6.92 Å². The summed E-state index contributed by atoms with van der Waals surface area (Å²) in [6.45, 7) is 6.23. The van der Waals surface area contributed by atoms with E-state index in [-0.39, 0.29) is 58.3 Å². The SMILES string of the molecule is CCCC1CC(CC)C(C)C12C(=O)NC(=S)N=C2[O-].[Na+]. The maximum Gasteiger partial charge on any atom is 1.00 e. The Morgan fingerprint density at radius 3 is 2.65 bits per heavy atom. The minimum absolute atomic E-state index is 0. The molecule has 1 heterocycles. The molecule has 1 spiro atoms. The van der Waals surface area contributed by atoms with Gasteiger partial charge in [0.05, 0.1) is 5.41 Å². The Hall–Kier alpha value is 0.0300. The maximum absolute atomic E-state index is 12.5. The minimum atomic E-state index is -0.973. The standard InChI is InChI=1S/C14H22N2O2S.Na/c1-4-6-10-7-9(5-2)8(3)14(10)11(17)15-13(19)16-12(14)18;/h8-10H,4-7H2,1-3H3,(H2,15,16,17,18,19);/q;+1/p-1. The molecule has 1 aliphatic carbocycles. The van der Waals surface area contributed by atoms with Crippen molar-refractivity contribution in [2.75, 3.05) is 0 Å². The van der Waals surface area contributed by atoms with E-state index in [9.17, 15) is 9.90 Å². The molecule has 0 aromatic carbocycles. The van der Waals surface area contributed by atoms with E-state index >= 15 is 0 Å². The summed E-state index contributed by atoms with van der Waals surface area (Å²) in [7, 11) is 0. The Bertz CT molecular complexity index is 441. The van der Waals surface area contributed by atoms with Crippen LogP contribution in [0.1, 0.15) is 46.5 Å². The molecule has 4 nitrogen and oxygen atoms in total. The van der Waals surface area contributed by atoms with Gasteiger partial charge < -0.3 is 10.4 Å². The summed E-state index contributed by atoms with van der Waals surface area (Å²) in [4.78, 5) is 16.4. The third kappa shape index (κ3) is 2.58. The van der Waals surface area contributed by atoms with Crippen molar-refractivity contribution >= 4 is 29.1 Å². The van der Waals surface area contributed by atoms with Crippen LogP contribution in [0.3, 0.4) is 0 Å². The molecule has 1 saturated carbocycles. The molecule has 1 aliphatic heterocycles. The molecule has 0 bridgehead atoms. The Morgan fingerprint density at radius 2 is 2.15 bits per heavy atom. The van der Waals surface area contributed by atoms with Crippen LogP contribution in [-0.4, -0.2) is 16.9 Å². The van der Waals surface area contributed by atoms with E-state index < -0.39 is 5.41 Å². The van der Waals surface area contributed by atoms with Crippen LogP contribution in [-0.2, 0) is 4.79 Å². The second kappa shape index (κ2) is 6.86. The van der Waals surface area contributed by atoms with Crippen molar-refractivity contribution in [3.8, 4) is 0 Å². The third-order valence-corrected chi connectivity index (χ3v) is 5.16. The third-order valence-electron chi connectivity index (χ3n) is 4.97. The number of aliphatic imine (C=N–C) groups is 1. The monoisotopic (exact) mass is 304 g/mol. The molecule has 1 fully saturated rings. The van der Waals surface area contributed by atoms with Gasteiger partial charge in [0.1, 0.15) is 0 Å². The fourth-order valence-electron chi connectivity index (χ4n) is 3.99. The molecule has 1 N–H and O–H groups in total. The van der Waals surface area contributed by atoms with Crippen LogP contribution in [0.25, 0.3) is 0 Å². The number of hydrogen-bond donors (Lipinski definition) is 1. The van der Waals surface area contributed by atoms with Crippen molar-refractivity contribution in [3.05, 3.63) is 0 Å². The average molecular weight is 304 g/mol. The summed E-state index contributed by atoms with van der Waals surface area (Å²) < 4.78 is 0. The molecule has 0 aromatic rings. The first-order valence-electron chi connectivity index (χ1n) is 7.09. The molecule has 2 rings (SSSR count). The van der Waals surface area contributed by atoms with Crippen molar-refractivity contribution in [3.63, 3.8) is 0 Å². The van der Waals surface area contributed by atoms with Gasteiger partial charge in [0, 0.05) is 0 Å². The largest absolute Gasteiger partial charge is 1.00 e. The predicted octanol–water partition coefficient (Wildman–Crippen LogP) is -1.37. The average Bonchev–Trinajstić information content (AvgIpc) is 2.61. The summed E-state index contributed by atoms with van der Waals surface area (Å²) in [5.74, 6) is 0.000807. The first-order chi connectivity index (χ1) is 8.98. The Balaban J connectivity index is 0.00000200. The first kappa shape index (κ1) is 18.1. The number of rotatable bonds is 3. The molecule has 20 heavy (non-hydrogen) atoms. The van der Waals surface area contributed by atoms with Crippen LogP contribution in [0.4, 0.5) is 0 Å². The van der Waals surface area contributed by atoms with Gasteiger partial charge in [-0.2, -0.15) is 0 Å². The van der Waals surface area contributed by atoms with Crippen LogP contribution >= 0.6 is 12.2 Å². The number of hydrogen-bond acceptors (Lipinski definition) is 3. The van der Waals surface area contributed by atoms with Gasteiger partial charge in [0.15, 0.2) is 5.11 Å². The van der Waals surface area contributed by atoms with Gasteiger partial charge in [0.2, 0.25) is 5.91 Å². The van der Waals surface area contributed by atoms with E-state index in [0.29, 0.717) is 5.92 Å². The van der Waals surface area contributed by atoms with Gasteiger partial charge in [-0.15, -0.1) is 0 Å². The smallest absolute Gasteiger partial charge is 0.861 e.